The zero-order valence-corrected chi connectivity index (χ0v) is 13.3. The number of ether oxygens (including phenoxy) is 2. The molecule has 0 atom stereocenters. The molecule has 3 rings (SSSR count). The Morgan fingerprint density at radius 2 is 1.96 bits per heavy atom. The molecule has 1 aromatic heterocycles. The van der Waals surface area contributed by atoms with Crippen molar-refractivity contribution in [3.63, 3.8) is 0 Å². The molecule has 0 spiro atoms. The third-order valence-electron chi connectivity index (χ3n) is 3.78. The van der Waals surface area contributed by atoms with Crippen LogP contribution in [-0.4, -0.2) is 13.1 Å². The van der Waals surface area contributed by atoms with E-state index in [1.54, 1.807) is 43.5 Å². The van der Waals surface area contributed by atoms with Crippen molar-refractivity contribution in [2.45, 2.75) is 13.5 Å². The Morgan fingerprint density at radius 3 is 2.62 bits per heavy atom. The number of methoxy groups -OCH3 is 1. The van der Waals surface area contributed by atoms with Gasteiger partial charge in [-0.2, -0.15) is 5.26 Å². The smallest absolute Gasteiger partial charge is 0.374 e. The van der Waals surface area contributed by atoms with E-state index in [9.17, 15) is 4.79 Å². The number of carbonyl (C=O) groups is 1. The van der Waals surface area contributed by atoms with Gasteiger partial charge in [-0.1, -0.05) is 12.1 Å². The van der Waals surface area contributed by atoms with Crippen LogP contribution in [0.3, 0.4) is 0 Å². The SMILES string of the molecule is COc1ccc2oc(C(=O)OCc3ccc(C#N)cc3)c(C)c2c1. The predicted molar refractivity (Wildman–Crippen MR) is 87.8 cm³/mol. The quantitative estimate of drug-likeness (QED) is 0.680. The average Bonchev–Trinajstić information content (AvgIpc) is 2.96. The maximum atomic E-state index is 12.3. The topological polar surface area (TPSA) is 72.5 Å². The first-order valence-electron chi connectivity index (χ1n) is 7.35. The number of esters is 1. The Balaban J connectivity index is 1.78. The van der Waals surface area contributed by atoms with E-state index >= 15 is 0 Å². The number of furan rings is 1. The number of hydrogen-bond donors (Lipinski definition) is 0. The largest absolute Gasteiger partial charge is 0.497 e. The normalized spacial score (nSPS) is 10.4. The molecule has 0 fully saturated rings. The molecule has 0 aliphatic carbocycles. The molecule has 5 heteroatoms. The number of carbonyl (C=O) groups excluding carboxylic acids is 1. The first-order chi connectivity index (χ1) is 11.6. The van der Waals surface area contributed by atoms with Crippen LogP contribution in [0.1, 0.15) is 27.2 Å². The Morgan fingerprint density at radius 1 is 1.21 bits per heavy atom. The Kier molecular flexibility index (Phi) is 4.21. The number of nitriles is 1. The maximum absolute atomic E-state index is 12.3. The fourth-order valence-corrected chi connectivity index (χ4v) is 2.41. The molecular weight excluding hydrogens is 306 g/mol. The summed E-state index contributed by atoms with van der Waals surface area (Å²) in [6.07, 6.45) is 0. The summed E-state index contributed by atoms with van der Waals surface area (Å²) in [5.41, 5.74) is 2.69. The lowest BCUT2D eigenvalue weighted by Crippen LogP contribution is -2.05. The summed E-state index contributed by atoms with van der Waals surface area (Å²) in [5.74, 6) is 0.364. The molecule has 0 amide bonds. The van der Waals surface area contributed by atoms with E-state index in [0.29, 0.717) is 22.5 Å². The van der Waals surface area contributed by atoms with Crippen molar-refractivity contribution >= 4 is 16.9 Å². The third kappa shape index (κ3) is 2.95. The molecule has 0 bridgehead atoms. The van der Waals surface area contributed by atoms with Crippen molar-refractivity contribution in [1.29, 1.82) is 5.26 Å². The molecule has 3 aromatic rings. The highest BCUT2D eigenvalue weighted by atomic mass is 16.5. The van der Waals surface area contributed by atoms with Crippen LogP contribution in [-0.2, 0) is 11.3 Å². The van der Waals surface area contributed by atoms with Crippen molar-refractivity contribution in [3.8, 4) is 11.8 Å². The summed E-state index contributed by atoms with van der Waals surface area (Å²) >= 11 is 0. The van der Waals surface area contributed by atoms with Crippen LogP contribution >= 0.6 is 0 Å². The fourth-order valence-electron chi connectivity index (χ4n) is 2.41. The van der Waals surface area contributed by atoms with Gasteiger partial charge in [0, 0.05) is 10.9 Å². The highest BCUT2D eigenvalue weighted by Gasteiger charge is 2.19. The van der Waals surface area contributed by atoms with Crippen LogP contribution in [0.15, 0.2) is 46.9 Å². The standard InChI is InChI=1S/C19H15NO4/c1-12-16-9-15(22-2)7-8-17(16)24-18(12)19(21)23-11-14-5-3-13(10-20)4-6-14/h3-9H,11H2,1-2H3. The predicted octanol–water partition coefficient (Wildman–Crippen LogP) is 3.98. The van der Waals surface area contributed by atoms with Crippen molar-refractivity contribution in [3.05, 3.63) is 64.9 Å². The van der Waals surface area contributed by atoms with Gasteiger partial charge in [0.2, 0.25) is 5.76 Å². The van der Waals surface area contributed by atoms with E-state index in [4.69, 9.17) is 19.2 Å². The van der Waals surface area contributed by atoms with Crippen LogP contribution in [0.25, 0.3) is 11.0 Å². The Hall–Kier alpha value is -3.26. The zero-order chi connectivity index (χ0) is 17.1. The maximum Gasteiger partial charge on any atom is 0.374 e. The van der Waals surface area contributed by atoms with Crippen LogP contribution in [0.5, 0.6) is 5.75 Å². The van der Waals surface area contributed by atoms with E-state index in [1.165, 1.54) is 0 Å². The summed E-state index contributed by atoms with van der Waals surface area (Å²) in [6.45, 7) is 1.92. The first-order valence-corrected chi connectivity index (χ1v) is 7.35. The van der Waals surface area contributed by atoms with Crippen LogP contribution in [0, 0.1) is 18.3 Å². The van der Waals surface area contributed by atoms with Gasteiger partial charge in [0.05, 0.1) is 18.7 Å². The summed E-state index contributed by atoms with van der Waals surface area (Å²) < 4.78 is 16.1. The first kappa shape index (κ1) is 15.6. The van der Waals surface area contributed by atoms with E-state index in [2.05, 4.69) is 0 Å². The Bertz CT molecular complexity index is 932. The van der Waals surface area contributed by atoms with Gasteiger partial charge in [0.15, 0.2) is 0 Å². The molecule has 0 saturated carbocycles. The van der Waals surface area contributed by atoms with E-state index in [1.807, 2.05) is 19.1 Å². The second-order valence-corrected chi connectivity index (χ2v) is 5.30. The van der Waals surface area contributed by atoms with Gasteiger partial charge >= 0.3 is 5.97 Å². The molecule has 2 aromatic carbocycles. The number of hydrogen-bond acceptors (Lipinski definition) is 5. The summed E-state index contributed by atoms with van der Waals surface area (Å²) in [6, 6.07) is 14.3. The number of nitrogens with zero attached hydrogens (tertiary/aromatic N) is 1. The van der Waals surface area contributed by atoms with Crippen LogP contribution < -0.4 is 4.74 Å². The third-order valence-corrected chi connectivity index (χ3v) is 3.78. The number of benzene rings is 2. The molecular formula is C19H15NO4. The number of fused-ring (bicyclic) bond motifs is 1. The van der Waals surface area contributed by atoms with Gasteiger partial charge in [-0.05, 0) is 42.8 Å². The summed E-state index contributed by atoms with van der Waals surface area (Å²) in [5, 5.41) is 9.59. The molecule has 0 aliphatic rings. The van der Waals surface area contributed by atoms with Crippen molar-refractivity contribution in [2.75, 3.05) is 7.11 Å². The molecule has 5 nitrogen and oxygen atoms in total. The zero-order valence-electron chi connectivity index (χ0n) is 13.3. The van der Waals surface area contributed by atoms with Gasteiger partial charge in [-0.25, -0.2) is 4.79 Å². The van der Waals surface area contributed by atoms with Crippen molar-refractivity contribution < 1.29 is 18.7 Å². The molecule has 24 heavy (non-hydrogen) atoms. The second-order valence-electron chi connectivity index (χ2n) is 5.30. The molecule has 1 heterocycles. The van der Waals surface area contributed by atoms with Gasteiger partial charge in [-0.3, -0.25) is 0 Å². The van der Waals surface area contributed by atoms with E-state index < -0.39 is 5.97 Å². The van der Waals surface area contributed by atoms with Crippen LogP contribution in [0.2, 0.25) is 0 Å². The minimum Gasteiger partial charge on any atom is -0.497 e. The second kappa shape index (κ2) is 6.47. The van der Waals surface area contributed by atoms with Crippen molar-refractivity contribution in [1.82, 2.24) is 0 Å². The average molecular weight is 321 g/mol. The molecule has 0 aliphatic heterocycles. The van der Waals surface area contributed by atoms with Crippen LogP contribution in [0.4, 0.5) is 0 Å². The minimum absolute atomic E-state index is 0.115. The van der Waals surface area contributed by atoms with Gasteiger partial charge in [0.25, 0.3) is 0 Å². The highest BCUT2D eigenvalue weighted by Crippen LogP contribution is 2.29. The van der Waals surface area contributed by atoms with E-state index in [0.717, 1.165) is 10.9 Å². The molecule has 0 N–H and O–H groups in total. The number of rotatable bonds is 4. The molecule has 0 saturated heterocycles. The fraction of sp³-hybridized carbons (Fsp3) is 0.158. The van der Waals surface area contributed by atoms with E-state index in [-0.39, 0.29) is 12.4 Å². The van der Waals surface area contributed by atoms with Gasteiger partial charge in [0.1, 0.15) is 17.9 Å². The summed E-state index contributed by atoms with van der Waals surface area (Å²) in [7, 11) is 1.59. The lowest BCUT2D eigenvalue weighted by atomic mass is 10.1. The lowest BCUT2D eigenvalue weighted by Gasteiger charge is -2.03. The summed E-state index contributed by atoms with van der Waals surface area (Å²) in [4.78, 5) is 12.3. The minimum atomic E-state index is -0.521. The molecule has 120 valence electrons. The number of aryl methyl sites for hydroxylation is 1. The molecule has 0 unspecified atom stereocenters. The van der Waals surface area contributed by atoms with Gasteiger partial charge in [-0.15, -0.1) is 0 Å². The lowest BCUT2D eigenvalue weighted by molar-refractivity contribution is 0.0437. The highest BCUT2D eigenvalue weighted by molar-refractivity contribution is 5.96. The molecule has 0 radical (unpaired) electrons. The van der Waals surface area contributed by atoms with Crippen molar-refractivity contribution in [2.24, 2.45) is 0 Å². The Labute approximate surface area is 139 Å². The van der Waals surface area contributed by atoms with Gasteiger partial charge < -0.3 is 13.9 Å². The monoisotopic (exact) mass is 321 g/mol.